The first-order valence-electron chi connectivity index (χ1n) is 9.87. The van der Waals surface area contributed by atoms with Crippen molar-refractivity contribution in [3.8, 4) is 0 Å². The van der Waals surface area contributed by atoms with Gasteiger partial charge in [-0.05, 0) is 69.7 Å². The zero-order valence-corrected chi connectivity index (χ0v) is 16.6. The highest BCUT2D eigenvalue weighted by Gasteiger charge is 2.21. The number of carbonyl (C=O) groups is 1. The molecule has 3 rings (SSSR count). The quantitative estimate of drug-likeness (QED) is 0.747. The minimum atomic E-state index is 0.0942. The number of benzene rings is 1. The van der Waals surface area contributed by atoms with Crippen molar-refractivity contribution in [1.29, 1.82) is 0 Å². The molecule has 144 valence electrons. The van der Waals surface area contributed by atoms with Crippen molar-refractivity contribution in [3.05, 3.63) is 70.8 Å². The molecule has 0 saturated carbocycles. The Morgan fingerprint density at radius 2 is 2.11 bits per heavy atom. The molecule has 1 aliphatic rings. The maximum absolute atomic E-state index is 13.0. The minimum Gasteiger partial charge on any atom is -0.467 e. The van der Waals surface area contributed by atoms with Crippen LogP contribution in [0.1, 0.15) is 61.1 Å². The number of nitrogens with one attached hydrogen (secondary N) is 1. The summed E-state index contributed by atoms with van der Waals surface area (Å²) in [6, 6.07) is 10.4. The summed E-state index contributed by atoms with van der Waals surface area (Å²) in [6.07, 6.45) is 8.21. The molecule has 1 heterocycles. The standard InChI is InChI=1S/C23H30N2O2/c1-17-11-12-18(2)22(14-17)19(3)24-15-23(26)25(16-21-10-7-13-27-21)20-8-5-4-6-9-20/h7-8,10-14,19,24H,4-6,9,15-16H2,1-3H3/t19-/m1/s1. The van der Waals surface area contributed by atoms with Gasteiger partial charge in [-0.2, -0.15) is 0 Å². The van der Waals surface area contributed by atoms with Crippen molar-refractivity contribution in [2.24, 2.45) is 0 Å². The third kappa shape index (κ3) is 5.10. The molecule has 4 nitrogen and oxygen atoms in total. The minimum absolute atomic E-state index is 0.0942. The summed E-state index contributed by atoms with van der Waals surface area (Å²) in [7, 11) is 0. The van der Waals surface area contributed by atoms with E-state index in [0.29, 0.717) is 13.1 Å². The number of aryl methyl sites for hydroxylation is 2. The predicted molar refractivity (Wildman–Crippen MR) is 108 cm³/mol. The number of allylic oxidation sites excluding steroid dienone is 2. The SMILES string of the molecule is Cc1ccc(C)c([C@@H](C)NCC(=O)N(Cc2ccco2)C2=CCCCC2)c1. The van der Waals surface area contributed by atoms with Crippen molar-refractivity contribution >= 4 is 5.91 Å². The zero-order chi connectivity index (χ0) is 19.2. The van der Waals surface area contributed by atoms with Gasteiger partial charge < -0.3 is 14.6 Å². The van der Waals surface area contributed by atoms with Crippen molar-refractivity contribution < 1.29 is 9.21 Å². The van der Waals surface area contributed by atoms with Gasteiger partial charge >= 0.3 is 0 Å². The summed E-state index contributed by atoms with van der Waals surface area (Å²) >= 11 is 0. The van der Waals surface area contributed by atoms with Crippen LogP contribution >= 0.6 is 0 Å². The molecule has 1 amide bonds. The van der Waals surface area contributed by atoms with E-state index in [-0.39, 0.29) is 11.9 Å². The molecule has 1 aromatic carbocycles. The average molecular weight is 367 g/mol. The molecule has 1 N–H and O–H groups in total. The topological polar surface area (TPSA) is 45.5 Å². The molecule has 0 radical (unpaired) electrons. The van der Waals surface area contributed by atoms with Gasteiger partial charge in [0.05, 0.1) is 19.4 Å². The van der Waals surface area contributed by atoms with Gasteiger partial charge in [0.2, 0.25) is 5.91 Å². The van der Waals surface area contributed by atoms with E-state index in [1.807, 2.05) is 17.0 Å². The Balaban J connectivity index is 1.68. The first-order valence-corrected chi connectivity index (χ1v) is 9.87. The molecular weight excluding hydrogens is 336 g/mol. The van der Waals surface area contributed by atoms with E-state index in [4.69, 9.17) is 4.42 Å². The van der Waals surface area contributed by atoms with Gasteiger partial charge in [0.25, 0.3) is 0 Å². The number of nitrogens with zero attached hydrogens (tertiary/aromatic N) is 1. The lowest BCUT2D eigenvalue weighted by Crippen LogP contribution is -2.38. The molecule has 2 aromatic rings. The highest BCUT2D eigenvalue weighted by molar-refractivity contribution is 5.80. The number of amides is 1. The zero-order valence-electron chi connectivity index (χ0n) is 16.6. The van der Waals surface area contributed by atoms with Crippen LogP contribution < -0.4 is 5.32 Å². The van der Waals surface area contributed by atoms with Crippen LogP contribution in [0.2, 0.25) is 0 Å². The summed E-state index contributed by atoms with van der Waals surface area (Å²) in [5, 5.41) is 3.42. The number of hydrogen-bond donors (Lipinski definition) is 1. The fourth-order valence-electron chi connectivity index (χ4n) is 3.65. The summed E-state index contributed by atoms with van der Waals surface area (Å²) in [4.78, 5) is 14.9. The normalized spacial score (nSPS) is 15.3. The molecule has 0 bridgehead atoms. The molecular formula is C23H30N2O2. The smallest absolute Gasteiger partial charge is 0.241 e. The van der Waals surface area contributed by atoms with E-state index in [2.05, 4.69) is 50.4 Å². The second-order valence-corrected chi connectivity index (χ2v) is 7.46. The van der Waals surface area contributed by atoms with Crippen LogP contribution in [0.15, 0.2) is 52.8 Å². The summed E-state index contributed by atoms with van der Waals surface area (Å²) in [5.74, 6) is 0.911. The number of furan rings is 1. The molecule has 1 aliphatic carbocycles. The molecule has 0 unspecified atom stereocenters. The number of rotatable bonds is 7. The van der Waals surface area contributed by atoms with Crippen molar-refractivity contribution in [2.75, 3.05) is 6.54 Å². The maximum atomic E-state index is 13.0. The second kappa shape index (κ2) is 9.05. The Hall–Kier alpha value is -2.33. The third-order valence-corrected chi connectivity index (χ3v) is 5.27. The van der Waals surface area contributed by atoms with E-state index < -0.39 is 0 Å². The highest BCUT2D eigenvalue weighted by Crippen LogP contribution is 2.24. The van der Waals surface area contributed by atoms with E-state index in [1.54, 1.807) is 6.26 Å². The fraction of sp³-hybridized carbons (Fsp3) is 0.435. The van der Waals surface area contributed by atoms with Crippen LogP contribution in [-0.2, 0) is 11.3 Å². The van der Waals surface area contributed by atoms with Crippen LogP contribution in [-0.4, -0.2) is 17.4 Å². The van der Waals surface area contributed by atoms with Gasteiger partial charge in [-0.25, -0.2) is 0 Å². The molecule has 0 spiro atoms. The summed E-state index contributed by atoms with van der Waals surface area (Å²) in [5.41, 5.74) is 4.86. The number of hydrogen-bond acceptors (Lipinski definition) is 3. The van der Waals surface area contributed by atoms with Gasteiger partial charge in [0.15, 0.2) is 0 Å². The lowest BCUT2D eigenvalue weighted by molar-refractivity contribution is -0.129. The Morgan fingerprint density at radius 3 is 2.81 bits per heavy atom. The van der Waals surface area contributed by atoms with E-state index in [1.165, 1.54) is 23.1 Å². The van der Waals surface area contributed by atoms with Crippen molar-refractivity contribution in [3.63, 3.8) is 0 Å². The molecule has 1 aromatic heterocycles. The summed E-state index contributed by atoms with van der Waals surface area (Å²) < 4.78 is 5.49. The van der Waals surface area contributed by atoms with Crippen LogP contribution in [0, 0.1) is 13.8 Å². The summed E-state index contributed by atoms with van der Waals surface area (Å²) in [6.45, 7) is 7.14. The monoisotopic (exact) mass is 366 g/mol. The Kier molecular flexibility index (Phi) is 6.51. The van der Waals surface area contributed by atoms with E-state index in [9.17, 15) is 4.79 Å². The molecule has 0 aliphatic heterocycles. The van der Waals surface area contributed by atoms with E-state index >= 15 is 0 Å². The second-order valence-electron chi connectivity index (χ2n) is 7.46. The highest BCUT2D eigenvalue weighted by atomic mass is 16.3. The van der Waals surface area contributed by atoms with Gasteiger partial charge in [-0.1, -0.05) is 29.8 Å². The van der Waals surface area contributed by atoms with E-state index in [0.717, 1.165) is 30.7 Å². The molecule has 0 saturated heterocycles. The Bertz CT molecular complexity index is 793. The lowest BCUT2D eigenvalue weighted by Gasteiger charge is -2.28. The van der Waals surface area contributed by atoms with Crippen molar-refractivity contribution in [2.45, 2.75) is 59.0 Å². The number of carbonyl (C=O) groups excluding carboxylic acids is 1. The van der Waals surface area contributed by atoms with Gasteiger partial charge in [-0.3, -0.25) is 4.79 Å². The van der Waals surface area contributed by atoms with Crippen LogP contribution in [0.25, 0.3) is 0 Å². The Labute approximate surface area is 162 Å². The van der Waals surface area contributed by atoms with Gasteiger partial charge in [-0.15, -0.1) is 0 Å². The first-order chi connectivity index (χ1) is 13.0. The largest absolute Gasteiger partial charge is 0.467 e. The van der Waals surface area contributed by atoms with Crippen LogP contribution in [0.4, 0.5) is 0 Å². The molecule has 4 heteroatoms. The van der Waals surface area contributed by atoms with Crippen LogP contribution in [0.5, 0.6) is 0 Å². The van der Waals surface area contributed by atoms with Crippen molar-refractivity contribution in [1.82, 2.24) is 10.2 Å². The fourth-order valence-corrected chi connectivity index (χ4v) is 3.65. The molecule has 0 fully saturated rings. The van der Waals surface area contributed by atoms with Gasteiger partial charge in [0.1, 0.15) is 5.76 Å². The lowest BCUT2D eigenvalue weighted by atomic mass is 10.00. The van der Waals surface area contributed by atoms with Gasteiger partial charge in [0, 0.05) is 11.7 Å². The maximum Gasteiger partial charge on any atom is 0.241 e. The predicted octanol–water partition coefficient (Wildman–Crippen LogP) is 5.03. The molecule has 1 atom stereocenters. The average Bonchev–Trinajstić information content (AvgIpc) is 3.20. The van der Waals surface area contributed by atoms with Crippen LogP contribution in [0.3, 0.4) is 0 Å². The first kappa shape index (κ1) is 19.4. The Morgan fingerprint density at radius 1 is 1.26 bits per heavy atom. The molecule has 27 heavy (non-hydrogen) atoms. The third-order valence-electron chi connectivity index (χ3n) is 5.27.